The van der Waals surface area contributed by atoms with Crippen LogP contribution in [-0.2, 0) is 9.53 Å². The number of rotatable bonds is 4. The summed E-state index contributed by atoms with van der Waals surface area (Å²) < 4.78 is 7.68. The van der Waals surface area contributed by atoms with Crippen molar-refractivity contribution in [1.29, 1.82) is 0 Å². The van der Waals surface area contributed by atoms with E-state index in [1.54, 1.807) is 6.08 Å². The SMILES string of the molecule is COC(=O)/C=C\[Te]CC12CCC(CC1O)C2(C)C. The van der Waals surface area contributed by atoms with Gasteiger partial charge in [0.15, 0.2) is 0 Å². The van der Waals surface area contributed by atoms with Crippen LogP contribution in [0.1, 0.15) is 33.1 Å². The van der Waals surface area contributed by atoms with Crippen LogP contribution in [0.4, 0.5) is 0 Å². The third kappa shape index (κ3) is 2.13. The molecule has 0 aromatic carbocycles. The summed E-state index contributed by atoms with van der Waals surface area (Å²) in [7, 11) is 1.40. The average molecular weight is 366 g/mol. The van der Waals surface area contributed by atoms with Gasteiger partial charge in [0.2, 0.25) is 0 Å². The van der Waals surface area contributed by atoms with E-state index in [1.807, 2.05) is 4.12 Å². The van der Waals surface area contributed by atoms with Gasteiger partial charge in [-0.05, 0) is 0 Å². The molecule has 3 unspecified atom stereocenters. The molecule has 4 heteroatoms. The van der Waals surface area contributed by atoms with E-state index in [0.29, 0.717) is 5.92 Å². The van der Waals surface area contributed by atoms with E-state index in [2.05, 4.69) is 18.6 Å². The Morgan fingerprint density at radius 1 is 1.56 bits per heavy atom. The Labute approximate surface area is 119 Å². The minimum absolute atomic E-state index is 0.111. The summed E-state index contributed by atoms with van der Waals surface area (Å²) in [6.45, 7) is 4.63. The third-order valence-corrected chi connectivity index (χ3v) is 8.11. The van der Waals surface area contributed by atoms with Gasteiger partial charge in [-0.3, -0.25) is 0 Å². The van der Waals surface area contributed by atoms with Crippen molar-refractivity contribution in [2.75, 3.05) is 7.11 Å². The molecule has 2 rings (SSSR count). The second-order valence-electron chi connectivity index (χ2n) is 6.00. The van der Waals surface area contributed by atoms with Crippen LogP contribution in [0.25, 0.3) is 0 Å². The first-order valence-corrected chi connectivity index (χ1v) is 9.47. The van der Waals surface area contributed by atoms with Crippen LogP contribution in [0.2, 0.25) is 4.47 Å². The Morgan fingerprint density at radius 3 is 2.78 bits per heavy atom. The fraction of sp³-hybridized carbons (Fsp3) is 0.786. The number of hydrogen-bond donors (Lipinski definition) is 1. The first-order valence-electron chi connectivity index (χ1n) is 6.48. The summed E-state index contributed by atoms with van der Waals surface area (Å²) in [5, 5.41) is 10.4. The van der Waals surface area contributed by atoms with Crippen LogP contribution in [0, 0.1) is 16.7 Å². The molecular formula is C14H22O3Te. The molecule has 0 amide bonds. The van der Waals surface area contributed by atoms with Crippen LogP contribution >= 0.6 is 0 Å². The normalized spacial score (nSPS) is 37.3. The van der Waals surface area contributed by atoms with Crippen LogP contribution in [0.3, 0.4) is 0 Å². The van der Waals surface area contributed by atoms with Crippen molar-refractivity contribution in [3.8, 4) is 0 Å². The predicted octanol–water partition coefficient (Wildman–Crippen LogP) is 1.98. The van der Waals surface area contributed by atoms with Crippen LogP contribution in [-0.4, -0.2) is 45.2 Å². The molecule has 1 N–H and O–H groups in total. The number of hydrogen-bond acceptors (Lipinski definition) is 3. The first-order chi connectivity index (χ1) is 8.44. The Hall–Kier alpha value is -0.0404. The van der Waals surface area contributed by atoms with E-state index in [9.17, 15) is 9.90 Å². The molecule has 2 aliphatic carbocycles. The standard InChI is InChI=1S/C14H22O3Te/c1-13(2)10-4-6-14(13,11(15)8-10)9-18-7-5-12(16)17-3/h5,7,10-11,15H,4,6,8-9H2,1-3H3/b7-5-. The zero-order valence-electron chi connectivity index (χ0n) is 11.3. The van der Waals surface area contributed by atoms with Crippen LogP contribution < -0.4 is 0 Å². The third-order valence-electron chi connectivity index (χ3n) is 5.23. The molecule has 0 spiro atoms. The number of esters is 1. The van der Waals surface area contributed by atoms with Gasteiger partial charge in [-0.2, -0.15) is 0 Å². The minimum atomic E-state index is -0.371. The molecule has 0 radical (unpaired) electrons. The maximum atomic E-state index is 11.0. The van der Waals surface area contributed by atoms with E-state index in [0.717, 1.165) is 17.3 Å². The molecule has 102 valence electrons. The van der Waals surface area contributed by atoms with Crippen molar-refractivity contribution in [2.45, 2.75) is 43.7 Å². The van der Waals surface area contributed by atoms with E-state index in [1.165, 1.54) is 13.5 Å². The predicted molar refractivity (Wildman–Crippen MR) is 71.3 cm³/mol. The molecule has 2 saturated carbocycles. The van der Waals surface area contributed by atoms with Crippen molar-refractivity contribution >= 4 is 26.9 Å². The van der Waals surface area contributed by atoms with E-state index in [-0.39, 0.29) is 43.8 Å². The molecule has 3 nitrogen and oxygen atoms in total. The van der Waals surface area contributed by atoms with Gasteiger partial charge in [0.05, 0.1) is 0 Å². The molecule has 0 aromatic heterocycles. The Bertz CT molecular complexity index is 364. The van der Waals surface area contributed by atoms with Gasteiger partial charge >= 0.3 is 119 Å². The molecule has 18 heavy (non-hydrogen) atoms. The van der Waals surface area contributed by atoms with Crippen molar-refractivity contribution in [1.82, 2.24) is 0 Å². The number of carbonyl (C=O) groups excluding carboxylic acids is 1. The van der Waals surface area contributed by atoms with Gasteiger partial charge < -0.3 is 0 Å². The zero-order valence-corrected chi connectivity index (χ0v) is 13.6. The molecule has 0 heterocycles. The summed E-state index contributed by atoms with van der Waals surface area (Å²) in [5.41, 5.74) is 0.372. The van der Waals surface area contributed by atoms with Crippen molar-refractivity contribution in [3.63, 3.8) is 0 Å². The van der Waals surface area contributed by atoms with E-state index >= 15 is 0 Å². The van der Waals surface area contributed by atoms with Crippen LogP contribution in [0.5, 0.6) is 0 Å². The van der Waals surface area contributed by atoms with E-state index in [4.69, 9.17) is 0 Å². The average Bonchev–Trinajstić information content (AvgIpc) is 2.68. The molecule has 0 saturated heterocycles. The molecule has 2 bridgehead atoms. The Balaban J connectivity index is 1.99. The topological polar surface area (TPSA) is 46.5 Å². The number of methoxy groups -OCH3 is 1. The molecule has 2 fully saturated rings. The molecular weight excluding hydrogens is 344 g/mol. The fourth-order valence-electron chi connectivity index (χ4n) is 3.75. The fourth-order valence-corrected chi connectivity index (χ4v) is 7.49. The van der Waals surface area contributed by atoms with Gasteiger partial charge in [0.25, 0.3) is 0 Å². The van der Waals surface area contributed by atoms with Crippen molar-refractivity contribution in [3.05, 3.63) is 10.2 Å². The van der Waals surface area contributed by atoms with Gasteiger partial charge in [-0.25, -0.2) is 0 Å². The zero-order chi connectivity index (χ0) is 13.4. The van der Waals surface area contributed by atoms with Gasteiger partial charge in [-0.1, -0.05) is 0 Å². The second-order valence-corrected chi connectivity index (χ2v) is 8.55. The molecule has 0 aromatic rings. The number of aliphatic hydroxyl groups is 1. The number of fused-ring (bicyclic) bond motifs is 2. The summed E-state index contributed by atoms with van der Waals surface area (Å²) in [4.78, 5) is 11.0. The summed E-state index contributed by atoms with van der Waals surface area (Å²) in [5.74, 6) is 0.415. The summed E-state index contributed by atoms with van der Waals surface area (Å²) in [6.07, 6.45) is 4.80. The summed E-state index contributed by atoms with van der Waals surface area (Å²) in [6, 6.07) is 0. The van der Waals surface area contributed by atoms with Crippen LogP contribution in [0.15, 0.2) is 10.2 Å². The van der Waals surface area contributed by atoms with E-state index < -0.39 is 0 Å². The van der Waals surface area contributed by atoms with Gasteiger partial charge in [-0.15, -0.1) is 0 Å². The molecule has 0 aliphatic heterocycles. The van der Waals surface area contributed by atoms with Crippen molar-refractivity contribution < 1.29 is 14.6 Å². The Morgan fingerprint density at radius 2 is 2.28 bits per heavy atom. The number of carbonyl (C=O) groups is 1. The quantitative estimate of drug-likeness (QED) is 0.471. The van der Waals surface area contributed by atoms with Crippen molar-refractivity contribution in [2.24, 2.45) is 16.7 Å². The molecule has 2 aliphatic rings. The monoisotopic (exact) mass is 368 g/mol. The number of ether oxygens (including phenoxy) is 1. The summed E-state index contributed by atoms with van der Waals surface area (Å²) >= 11 is -0.371. The number of aliphatic hydroxyl groups excluding tert-OH is 1. The maximum absolute atomic E-state index is 11.0. The van der Waals surface area contributed by atoms with Gasteiger partial charge in [0.1, 0.15) is 0 Å². The second kappa shape index (κ2) is 5.15. The Kier molecular flexibility index (Phi) is 4.11. The van der Waals surface area contributed by atoms with Gasteiger partial charge in [0, 0.05) is 0 Å². The first kappa shape index (κ1) is 14.4. The molecule has 3 atom stereocenters.